The second-order valence-corrected chi connectivity index (χ2v) is 8.43. The molecule has 0 radical (unpaired) electrons. The van der Waals surface area contributed by atoms with E-state index in [2.05, 4.69) is 0 Å². The van der Waals surface area contributed by atoms with Crippen molar-refractivity contribution in [1.29, 1.82) is 0 Å². The van der Waals surface area contributed by atoms with E-state index in [0.717, 1.165) is 5.56 Å². The lowest BCUT2D eigenvalue weighted by Gasteiger charge is -2.33. The first kappa shape index (κ1) is 20.0. The molecule has 0 aromatic heterocycles. The molecular formula is C20H22N2O5S. The lowest BCUT2D eigenvalue weighted by atomic mass is 10.2. The molecule has 0 atom stereocenters. The molecule has 1 fully saturated rings. The van der Waals surface area contributed by atoms with Crippen LogP contribution in [0.4, 0.5) is 0 Å². The number of carbonyl (C=O) groups is 2. The largest absolute Gasteiger partial charge is 0.452 e. The van der Waals surface area contributed by atoms with Gasteiger partial charge < -0.3 is 9.64 Å². The van der Waals surface area contributed by atoms with Crippen LogP contribution in [0.5, 0.6) is 0 Å². The van der Waals surface area contributed by atoms with E-state index in [-0.39, 0.29) is 44.4 Å². The molecule has 1 amide bonds. The fraction of sp³-hybridized carbons (Fsp3) is 0.300. The van der Waals surface area contributed by atoms with Crippen molar-refractivity contribution < 1.29 is 22.7 Å². The minimum absolute atomic E-state index is 0.0591. The second-order valence-electron chi connectivity index (χ2n) is 6.46. The zero-order valence-electron chi connectivity index (χ0n) is 15.4. The van der Waals surface area contributed by atoms with Crippen molar-refractivity contribution in [1.82, 2.24) is 9.21 Å². The summed E-state index contributed by atoms with van der Waals surface area (Å²) in [5.74, 6) is -0.946. The van der Waals surface area contributed by atoms with Gasteiger partial charge in [0.2, 0.25) is 10.0 Å². The van der Waals surface area contributed by atoms with Gasteiger partial charge in [-0.25, -0.2) is 13.2 Å². The number of piperazine rings is 1. The predicted octanol–water partition coefficient (Wildman–Crippen LogP) is 1.52. The van der Waals surface area contributed by atoms with Crippen molar-refractivity contribution >= 4 is 21.9 Å². The fourth-order valence-corrected chi connectivity index (χ4v) is 4.48. The van der Waals surface area contributed by atoms with Crippen LogP contribution in [-0.2, 0) is 25.3 Å². The summed E-state index contributed by atoms with van der Waals surface area (Å²) in [6.07, 6.45) is 0. The van der Waals surface area contributed by atoms with Crippen molar-refractivity contribution in [2.24, 2.45) is 0 Å². The Morgan fingerprint density at radius 3 is 2.04 bits per heavy atom. The summed E-state index contributed by atoms with van der Waals surface area (Å²) in [7, 11) is -3.44. The van der Waals surface area contributed by atoms with Crippen LogP contribution in [-0.4, -0.2) is 62.3 Å². The summed E-state index contributed by atoms with van der Waals surface area (Å²) in [4.78, 5) is 25.7. The van der Waals surface area contributed by atoms with E-state index in [9.17, 15) is 18.0 Å². The van der Waals surface area contributed by atoms with E-state index < -0.39 is 16.0 Å². The second kappa shape index (κ2) is 8.99. The van der Waals surface area contributed by atoms with E-state index in [1.807, 2.05) is 6.07 Å². The first-order valence-corrected chi connectivity index (χ1v) is 10.6. The van der Waals surface area contributed by atoms with E-state index in [0.29, 0.717) is 5.56 Å². The Bertz CT molecular complexity index is 908. The molecule has 1 heterocycles. The van der Waals surface area contributed by atoms with E-state index in [1.165, 1.54) is 9.21 Å². The fourth-order valence-electron chi connectivity index (χ4n) is 2.97. The normalized spacial score (nSPS) is 15.2. The Balaban J connectivity index is 1.48. The molecule has 0 spiro atoms. The molecule has 2 aromatic rings. The highest BCUT2D eigenvalue weighted by molar-refractivity contribution is 7.88. The van der Waals surface area contributed by atoms with Gasteiger partial charge in [0, 0.05) is 26.2 Å². The van der Waals surface area contributed by atoms with Gasteiger partial charge in [0.15, 0.2) is 6.61 Å². The van der Waals surface area contributed by atoms with Crippen molar-refractivity contribution in [3.05, 3.63) is 71.8 Å². The number of rotatable bonds is 6. The average molecular weight is 402 g/mol. The number of hydrogen-bond donors (Lipinski definition) is 0. The molecule has 0 bridgehead atoms. The molecule has 3 rings (SSSR count). The Labute approximate surface area is 164 Å². The average Bonchev–Trinajstić information content (AvgIpc) is 2.73. The molecule has 28 heavy (non-hydrogen) atoms. The third-order valence-corrected chi connectivity index (χ3v) is 6.36. The van der Waals surface area contributed by atoms with Gasteiger partial charge in [0.05, 0.1) is 11.3 Å². The number of benzene rings is 2. The van der Waals surface area contributed by atoms with E-state index in [1.54, 1.807) is 54.6 Å². The Morgan fingerprint density at radius 2 is 1.43 bits per heavy atom. The molecule has 148 valence electrons. The molecule has 1 aliphatic rings. The molecule has 0 aliphatic carbocycles. The van der Waals surface area contributed by atoms with Gasteiger partial charge in [-0.15, -0.1) is 0 Å². The molecule has 1 saturated heterocycles. The maximum absolute atomic E-state index is 12.6. The third kappa shape index (κ3) is 5.17. The van der Waals surface area contributed by atoms with Crippen LogP contribution in [0.15, 0.2) is 60.7 Å². The molecule has 2 aromatic carbocycles. The maximum atomic E-state index is 12.6. The van der Waals surface area contributed by atoms with Crippen LogP contribution in [0.25, 0.3) is 0 Å². The summed E-state index contributed by atoms with van der Waals surface area (Å²) in [6, 6.07) is 17.4. The van der Waals surface area contributed by atoms with Gasteiger partial charge in [-0.2, -0.15) is 4.31 Å². The standard InChI is InChI=1S/C20H22N2O5S/c23-19(15-27-20(24)18-9-5-2-6-10-18)21-11-13-22(14-12-21)28(25,26)16-17-7-3-1-4-8-17/h1-10H,11-16H2. The molecule has 0 unspecified atom stereocenters. The lowest BCUT2D eigenvalue weighted by Crippen LogP contribution is -2.51. The SMILES string of the molecule is O=C(OCC(=O)N1CCN(S(=O)(=O)Cc2ccccc2)CC1)c1ccccc1. The number of esters is 1. The molecule has 0 saturated carbocycles. The smallest absolute Gasteiger partial charge is 0.338 e. The zero-order chi connectivity index (χ0) is 20.0. The number of amides is 1. The van der Waals surface area contributed by atoms with Crippen molar-refractivity contribution in [2.45, 2.75) is 5.75 Å². The van der Waals surface area contributed by atoms with E-state index in [4.69, 9.17) is 4.74 Å². The molecular weight excluding hydrogens is 380 g/mol. The van der Waals surface area contributed by atoms with Crippen LogP contribution in [0.2, 0.25) is 0 Å². The van der Waals surface area contributed by atoms with Gasteiger partial charge in [-0.05, 0) is 17.7 Å². The van der Waals surface area contributed by atoms with E-state index >= 15 is 0 Å². The summed E-state index contributed by atoms with van der Waals surface area (Å²) in [6.45, 7) is 0.650. The van der Waals surface area contributed by atoms with Crippen LogP contribution in [0.1, 0.15) is 15.9 Å². The first-order chi connectivity index (χ1) is 13.5. The van der Waals surface area contributed by atoms with Crippen LogP contribution in [0.3, 0.4) is 0 Å². The monoisotopic (exact) mass is 402 g/mol. The molecule has 7 nitrogen and oxygen atoms in total. The van der Waals surface area contributed by atoms with Gasteiger partial charge in [-0.3, -0.25) is 4.79 Å². The minimum atomic E-state index is -3.44. The van der Waals surface area contributed by atoms with Crippen molar-refractivity contribution in [2.75, 3.05) is 32.8 Å². The minimum Gasteiger partial charge on any atom is -0.452 e. The zero-order valence-corrected chi connectivity index (χ0v) is 16.2. The van der Waals surface area contributed by atoms with Gasteiger partial charge in [0.1, 0.15) is 0 Å². The first-order valence-electron chi connectivity index (χ1n) is 8.97. The van der Waals surface area contributed by atoms with Gasteiger partial charge >= 0.3 is 5.97 Å². The highest BCUT2D eigenvalue weighted by Crippen LogP contribution is 2.14. The van der Waals surface area contributed by atoms with Crippen LogP contribution in [0, 0.1) is 0 Å². The number of sulfonamides is 1. The van der Waals surface area contributed by atoms with Crippen LogP contribution < -0.4 is 0 Å². The highest BCUT2D eigenvalue weighted by atomic mass is 32.2. The Hall–Kier alpha value is -2.71. The van der Waals surface area contributed by atoms with Crippen molar-refractivity contribution in [3.63, 3.8) is 0 Å². The maximum Gasteiger partial charge on any atom is 0.338 e. The Kier molecular flexibility index (Phi) is 6.43. The summed E-state index contributed by atoms with van der Waals surface area (Å²) in [5, 5.41) is 0. The third-order valence-electron chi connectivity index (χ3n) is 4.51. The van der Waals surface area contributed by atoms with Crippen LogP contribution >= 0.6 is 0 Å². The number of ether oxygens (including phenoxy) is 1. The highest BCUT2D eigenvalue weighted by Gasteiger charge is 2.29. The van der Waals surface area contributed by atoms with Gasteiger partial charge in [0.25, 0.3) is 5.91 Å². The topological polar surface area (TPSA) is 84.0 Å². The lowest BCUT2D eigenvalue weighted by molar-refractivity contribution is -0.135. The van der Waals surface area contributed by atoms with Crippen molar-refractivity contribution in [3.8, 4) is 0 Å². The summed E-state index contributed by atoms with van der Waals surface area (Å²) < 4.78 is 31.6. The molecule has 0 N–H and O–H groups in total. The number of carbonyl (C=O) groups excluding carboxylic acids is 2. The molecule has 8 heteroatoms. The Morgan fingerprint density at radius 1 is 0.857 bits per heavy atom. The molecule has 1 aliphatic heterocycles. The predicted molar refractivity (Wildman–Crippen MR) is 104 cm³/mol. The summed E-state index contributed by atoms with van der Waals surface area (Å²) >= 11 is 0. The number of hydrogen-bond acceptors (Lipinski definition) is 5. The quantitative estimate of drug-likeness (QED) is 0.684. The van der Waals surface area contributed by atoms with Gasteiger partial charge in [-0.1, -0.05) is 48.5 Å². The summed E-state index contributed by atoms with van der Waals surface area (Å²) in [5.41, 5.74) is 1.11. The number of nitrogens with zero attached hydrogens (tertiary/aromatic N) is 2.